The van der Waals surface area contributed by atoms with Crippen molar-refractivity contribution < 1.29 is 28.9 Å². The van der Waals surface area contributed by atoms with Crippen LogP contribution in [0.3, 0.4) is 0 Å². The number of fused-ring (bicyclic) bond motifs is 1. The second kappa shape index (κ2) is 9.90. The van der Waals surface area contributed by atoms with Crippen LogP contribution in [0.15, 0.2) is 54.6 Å². The summed E-state index contributed by atoms with van der Waals surface area (Å²) in [7, 11) is 3.06. The van der Waals surface area contributed by atoms with Gasteiger partial charge < -0.3 is 24.6 Å². The van der Waals surface area contributed by atoms with E-state index in [1.54, 1.807) is 0 Å². The van der Waals surface area contributed by atoms with E-state index in [1.165, 1.54) is 32.3 Å². The molecule has 0 aliphatic heterocycles. The van der Waals surface area contributed by atoms with Gasteiger partial charge in [0.05, 0.1) is 26.9 Å². The Morgan fingerprint density at radius 3 is 2.11 bits per heavy atom. The van der Waals surface area contributed by atoms with Gasteiger partial charge in [0.1, 0.15) is 22.6 Å². The number of ether oxygens (including phenoxy) is 3. The van der Waals surface area contributed by atoms with Crippen LogP contribution in [0, 0.1) is 0 Å². The van der Waals surface area contributed by atoms with Gasteiger partial charge in [0.15, 0.2) is 5.78 Å². The molecule has 0 amide bonds. The van der Waals surface area contributed by atoms with E-state index < -0.39 is 11.5 Å². The first kappa shape index (κ1) is 24.8. The molecule has 37 heavy (non-hydrogen) atoms. The number of nitrogens with one attached hydrogen (secondary N) is 1. The maximum Gasteiger partial charge on any atom is 0.329 e. The molecule has 2 aliphatic rings. The lowest BCUT2D eigenvalue weighted by Gasteiger charge is -2.20. The summed E-state index contributed by atoms with van der Waals surface area (Å²) in [5.74, 6) is -0.116. The number of carbonyl (C=O) groups excluding carboxylic acids is 1. The van der Waals surface area contributed by atoms with Gasteiger partial charge >= 0.3 is 5.97 Å². The predicted molar refractivity (Wildman–Crippen MR) is 141 cm³/mol. The van der Waals surface area contributed by atoms with Crippen LogP contribution in [0.5, 0.6) is 11.5 Å². The van der Waals surface area contributed by atoms with Crippen molar-refractivity contribution in [3.8, 4) is 22.6 Å². The number of carboxylic acid groups (broad SMARTS) is 1. The summed E-state index contributed by atoms with van der Waals surface area (Å²) in [5.41, 5.74) is 5.47. The summed E-state index contributed by atoms with van der Waals surface area (Å²) in [5, 5.41) is 12.9. The van der Waals surface area contributed by atoms with Gasteiger partial charge in [-0.2, -0.15) is 0 Å². The lowest BCUT2D eigenvalue weighted by molar-refractivity contribution is -0.138. The Labute approximate surface area is 216 Å². The molecule has 5 rings (SSSR count). The summed E-state index contributed by atoms with van der Waals surface area (Å²) in [6.07, 6.45) is 2.98. The first-order valence-corrected chi connectivity index (χ1v) is 12.4. The highest BCUT2D eigenvalue weighted by Crippen LogP contribution is 2.41. The topological polar surface area (TPSA) is 94.1 Å². The zero-order chi connectivity index (χ0) is 26.2. The van der Waals surface area contributed by atoms with Gasteiger partial charge in [-0.1, -0.05) is 30.3 Å². The highest BCUT2D eigenvalue weighted by atomic mass is 16.5. The zero-order valence-corrected chi connectivity index (χ0v) is 21.3. The molecule has 192 valence electrons. The second-order valence-corrected chi connectivity index (χ2v) is 9.81. The Morgan fingerprint density at radius 1 is 0.973 bits per heavy atom. The monoisotopic (exact) mass is 501 g/mol. The minimum atomic E-state index is -0.900. The third-order valence-corrected chi connectivity index (χ3v) is 7.31. The van der Waals surface area contributed by atoms with Gasteiger partial charge in [-0.05, 0) is 84.7 Å². The Balaban J connectivity index is 1.49. The highest BCUT2D eigenvalue weighted by Gasteiger charge is 2.50. The number of ketones is 1. The SMILES string of the molecule is COc1cc(-c2ccc(NC3(C(=O)O)CC3)cc2COC2Cc3ccccc3C2)cc(OC)c1C(C)=O. The van der Waals surface area contributed by atoms with Crippen LogP contribution in [-0.2, 0) is 29.0 Å². The Kier molecular flexibility index (Phi) is 6.65. The van der Waals surface area contributed by atoms with E-state index in [0.717, 1.165) is 35.2 Å². The molecule has 3 aromatic rings. The van der Waals surface area contributed by atoms with E-state index in [4.69, 9.17) is 14.2 Å². The van der Waals surface area contributed by atoms with E-state index in [0.29, 0.717) is 36.5 Å². The van der Waals surface area contributed by atoms with E-state index >= 15 is 0 Å². The van der Waals surface area contributed by atoms with Crippen molar-refractivity contribution in [3.05, 3.63) is 76.9 Å². The third-order valence-electron chi connectivity index (χ3n) is 7.31. The van der Waals surface area contributed by atoms with E-state index in [9.17, 15) is 14.7 Å². The average Bonchev–Trinajstić information content (AvgIpc) is 3.56. The van der Waals surface area contributed by atoms with E-state index in [2.05, 4.69) is 29.6 Å². The Morgan fingerprint density at radius 2 is 1.59 bits per heavy atom. The minimum absolute atomic E-state index is 0.0693. The van der Waals surface area contributed by atoms with E-state index in [-0.39, 0.29) is 11.9 Å². The molecule has 0 spiro atoms. The Bertz CT molecular complexity index is 1310. The lowest BCUT2D eigenvalue weighted by atomic mass is 9.96. The molecule has 0 aromatic heterocycles. The second-order valence-electron chi connectivity index (χ2n) is 9.81. The van der Waals surface area contributed by atoms with Gasteiger partial charge in [-0.15, -0.1) is 0 Å². The molecule has 0 heterocycles. The van der Waals surface area contributed by atoms with E-state index in [1.807, 2.05) is 30.3 Å². The summed E-state index contributed by atoms with van der Waals surface area (Å²) in [6.45, 7) is 1.83. The molecule has 0 unspecified atom stereocenters. The van der Waals surface area contributed by atoms with Crippen molar-refractivity contribution in [1.29, 1.82) is 0 Å². The van der Waals surface area contributed by atoms with Crippen molar-refractivity contribution >= 4 is 17.4 Å². The summed E-state index contributed by atoms with van der Waals surface area (Å²) in [6, 6.07) is 17.8. The molecule has 0 saturated heterocycles. The number of methoxy groups -OCH3 is 2. The normalized spacial score (nSPS) is 15.6. The number of rotatable bonds is 10. The van der Waals surface area contributed by atoms with Gasteiger partial charge in [0.2, 0.25) is 0 Å². The number of aliphatic carboxylic acids is 1. The summed E-state index contributed by atoms with van der Waals surface area (Å²) >= 11 is 0. The molecule has 7 heteroatoms. The van der Waals surface area contributed by atoms with Crippen molar-refractivity contribution in [2.45, 2.75) is 50.9 Å². The van der Waals surface area contributed by atoms with Crippen LogP contribution < -0.4 is 14.8 Å². The minimum Gasteiger partial charge on any atom is -0.496 e. The first-order valence-electron chi connectivity index (χ1n) is 12.4. The van der Waals surface area contributed by atoms with Gasteiger partial charge in [-0.3, -0.25) is 4.79 Å². The molecule has 1 saturated carbocycles. The first-order chi connectivity index (χ1) is 17.8. The van der Waals surface area contributed by atoms with Crippen LogP contribution in [-0.4, -0.2) is 42.7 Å². The van der Waals surface area contributed by atoms with Gasteiger partial charge in [-0.25, -0.2) is 4.79 Å². The maximum absolute atomic E-state index is 12.3. The lowest BCUT2D eigenvalue weighted by Crippen LogP contribution is -2.31. The smallest absolute Gasteiger partial charge is 0.329 e. The number of hydrogen-bond acceptors (Lipinski definition) is 6. The summed E-state index contributed by atoms with van der Waals surface area (Å²) < 4.78 is 17.5. The number of hydrogen-bond donors (Lipinski definition) is 2. The highest BCUT2D eigenvalue weighted by molar-refractivity contribution is 6.00. The number of benzene rings is 3. The summed E-state index contributed by atoms with van der Waals surface area (Å²) in [4.78, 5) is 24.0. The van der Waals surface area contributed by atoms with Crippen molar-refractivity contribution in [2.75, 3.05) is 19.5 Å². The third kappa shape index (κ3) is 4.91. The molecular weight excluding hydrogens is 470 g/mol. The van der Waals surface area contributed by atoms with Crippen LogP contribution in [0.4, 0.5) is 5.69 Å². The Hall–Kier alpha value is -3.84. The quantitative estimate of drug-likeness (QED) is 0.365. The molecule has 7 nitrogen and oxygen atoms in total. The predicted octanol–water partition coefficient (Wildman–Crippen LogP) is 5.29. The molecule has 0 atom stereocenters. The number of carbonyl (C=O) groups is 2. The van der Waals surface area contributed by atoms with Gasteiger partial charge in [0, 0.05) is 5.69 Å². The number of Topliss-reactive ketones (excluding diaryl/α,β-unsaturated/α-hetero) is 1. The molecule has 2 aliphatic carbocycles. The number of anilines is 1. The fourth-order valence-corrected chi connectivity index (χ4v) is 5.12. The largest absolute Gasteiger partial charge is 0.496 e. The molecule has 0 radical (unpaired) electrons. The van der Waals surface area contributed by atoms with Crippen molar-refractivity contribution in [1.82, 2.24) is 0 Å². The standard InChI is InChI=1S/C30H31NO6/c1-18(32)28-26(35-2)15-21(16-27(28)36-3)25-9-8-23(31-30(10-11-30)29(33)34)12-22(25)17-37-24-13-19-6-4-5-7-20(19)14-24/h4-9,12,15-16,24,31H,10-11,13-14,17H2,1-3H3,(H,33,34). The molecule has 0 bridgehead atoms. The molecule has 1 fully saturated rings. The fraction of sp³-hybridized carbons (Fsp3) is 0.333. The average molecular weight is 502 g/mol. The van der Waals surface area contributed by atoms with Crippen molar-refractivity contribution in [3.63, 3.8) is 0 Å². The van der Waals surface area contributed by atoms with Gasteiger partial charge in [0.25, 0.3) is 0 Å². The van der Waals surface area contributed by atoms with Crippen LogP contribution >= 0.6 is 0 Å². The van der Waals surface area contributed by atoms with Crippen LogP contribution in [0.1, 0.15) is 46.8 Å². The van der Waals surface area contributed by atoms with Crippen molar-refractivity contribution in [2.24, 2.45) is 0 Å². The molecule has 3 aromatic carbocycles. The number of carboxylic acids is 1. The molecular formula is C30H31NO6. The molecule has 2 N–H and O–H groups in total. The van der Waals surface area contributed by atoms with Crippen LogP contribution in [0.25, 0.3) is 11.1 Å². The zero-order valence-electron chi connectivity index (χ0n) is 21.3. The maximum atomic E-state index is 12.3. The van der Waals surface area contributed by atoms with Crippen LogP contribution in [0.2, 0.25) is 0 Å². The fourth-order valence-electron chi connectivity index (χ4n) is 5.12.